The van der Waals surface area contributed by atoms with Crippen molar-refractivity contribution in [2.45, 2.75) is 51.6 Å². The normalized spacial score (nSPS) is 21.8. The largest absolute Gasteiger partial charge is 0.481 e. The number of hydrogen-bond donors (Lipinski definition) is 2. The summed E-state index contributed by atoms with van der Waals surface area (Å²) in [6.45, 7) is 2.12. The second-order valence-electron chi connectivity index (χ2n) is 6.37. The lowest BCUT2D eigenvalue weighted by molar-refractivity contribution is -0.137. The molecule has 0 spiro atoms. The Bertz CT molecular complexity index is 581. The molecule has 0 radical (unpaired) electrons. The van der Waals surface area contributed by atoms with Gasteiger partial charge in [0.05, 0.1) is 6.10 Å². The van der Waals surface area contributed by atoms with Gasteiger partial charge in [-0.2, -0.15) is 0 Å². The second kappa shape index (κ2) is 13.1. The number of aliphatic hydroxyl groups is 1. The van der Waals surface area contributed by atoms with Gasteiger partial charge in [0.15, 0.2) is 5.78 Å². The van der Waals surface area contributed by atoms with Crippen molar-refractivity contribution in [3.8, 4) is 0 Å². The van der Waals surface area contributed by atoms with Gasteiger partial charge in [-0.05, 0) is 44.1 Å². The molecular formula is C22H30O4. The molecule has 4 nitrogen and oxygen atoms in total. The molecule has 142 valence electrons. The zero-order valence-corrected chi connectivity index (χ0v) is 15.5. The van der Waals surface area contributed by atoms with Crippen LogP contribution in [0.4, 0.5) is 0 Å². The van der Waals surface area contributed by atoms with Crippen LogP contribution in [-0.4, -0.2) is 28.1 Å². The summed E-state index contributed by atoms with van der Waals surface area (Å²) in [5.74, 6) is -1.07. The maximum Gasteiger partial charge on any atom is 0.303 e. The van der Waals surface area contributed by atoms with Crippen molar-refractivity contribution < 1.29 is 19.8 Å². The molecule has 1 rings (SSSR count). The lowest BCUT2D eigenvalue weighted by atomic mass is 9.90. The molecule has 0 unspecified atom stereocenters. The van der Waals surface area contributed by atoms with Gasteiger partial charge in [-0.25, -0.2) is 0 Å². The number of aliphatic hydroxyl groups excluding tert-OH is 1. The van der Waals surface area contributed by atoms with E-state index in [-0.39, 0.29) is 30.5 Å². The van der Waals surface area contributed by atoms with Crippen LogP contribution in [0.5, 0.6) is 0 Å². The first kappa shape index (κ1) is 21.8. The Morgan fingerprint density at radius 3 is 2.46 bits per heavy atom. The van der Waals surface area contributed by atoms with Crippen LogP contribution in [0.3, 0.4) is 0 Å². The number of allylic oxidation sites excluding steroid dienone is 9. The Hall–Kier alpha value is -2.20. The average molecular weight is 358 g/mol. The Morgan fingerprint density at radius 1 is 1.15 bits per heavy atom. The zero-order valence-electron chi connectivity index (χ0n) is 15.5. The van der Waals surface area contributed by atoms with Crippen LogP contribution in [0.1, 0.15) is 45.4 Å². The third kappa shape index (κ3) is 9.33. The van der Waals surface area contributed by atoms with Crippen LogP contribution in [0.2, 0.25) is 0 Å². The number of rotatable bonds is 12. The zero-order chi connectivity index (χ0) is 19.2. The van der Waals surface area contributed by atoms with Gasteiger partial charge < -0.3 is 10.2 Å². The van der Waals surface area contributed by atoms with Gasteiger partial charge in [-0.1, -0.05) is 61.6 Å². The van der Waals surface area contributed by atoms with Crippen molar-refractivity contribution in [1.29, 1.82) is 0 Å². The van der Waals surface area contributed by atoms with Gasteiger partial charge in [-0.3, -0.25) is 9.59 Å². The molecule has 0 saturated heterocycles. The molecule has 0 amide bonds. The highest BCUT2D eigenvalue weighted by Gasteiger charge is 2.26. The van der Waals surface area contributed by atoms with Crippen LogP contribution in [0, 0.1) is 11.8 Å². The lowest BCUT2D eigenvalue weighted by Crippen LogP contribution is -2.14. The summed E-state index contributed by atoms with van der Waals surface area (Å²) < 4.78 is 0. The fourth-order valence-corrected chi connectivity index (χ4v) is 2.70. The Kier molecular flexibility index (Phi) is 11.0. The molecule has 1 aliphatic rings. The molecule has 2 N–H and O–H groups in total. The second-order valence-corrected chi connectivity index (χ2v) is 6.37. The Labute approximate surface area is 156 Å². The maximum atomic E-state index is 12.0. The first-order valence-electron chi connectivity index (χ1n) is 9.29. The topological polar surface area (TPSA) is 74.6 Å². The standard InChI is InChI=1S/C22H30O4/c1-2-3-4-5-6-7-8-9-10-11-18-12-16-21(24)20(18)15-13-19(23)14-17-22(25)26/h3-4,6-7,9-10,12-13,15-16,18-20,23H,2,5,8,11,14,17H2,1H3,(H,25,26)/b4-3-,7-6-,10-9-,15-13+/t18-,19-,20-/m1/s1. The van der Waals surface area contributed by atoms with Gasteiger partial charge in [0.25, 0.3) is 0 Å². The number of carboxylic acids is 1. The Morgan fingerprint density at radius 2 is 1.81 bits per heavy atom. The van der Waals surface area contributed by atoms with Crippen molar-refractivity contribution in [1.82, 2.24) is 0 Å². The number of carboxylic acid groups (broad SMARTS) is 1. The summed E-state index contributed by atoms with van der Waals surface area (Å²) >= 11 is 0. The number of carbonyl (C=O) groups is 2. The number of carbonyl (C=O) groups excluding carboxylic acids is 1. The highest BCUT2D eigenvalue weighted by atomic mass is 16.4. The predicted molar refractivity (Wildman–Crippen MR) is 105 cm³/mol. The molecule has 0 aliphatic heterocycles. The van der Waals surface area contributed by atoms with E-state index in [4.69, 9.17) is 5.11 Å². The van der Waals surface area contributed by atoms with E-state index in [1.165, 1.54) is 0 Å². The van der Waals surface area contributed by atoms with Crippen molar-refractivity contribution in [2.75, 3.05) is 0 Å². The lowest BCUT2D eigenvalue weighted by Gasteiger charge is -2.13. The van der Waals surface area contributed by atoms with Crippen LogP contribution >= 0.6 is 0 Å². The van der Waals surface area contributed by atoms with E-state index >= 15 is 0 Å². The van der Waals surface area contributed by atoms with Gasteiger partial charge in [0.1, 0.15) is 0 Å². The minimum absolute atomic E-state index is 0.0349. The molecule has 0 aromatic rings. The molecule has 0 heterocycles. The van der Waals surface area contributed by atoms with Crippen LogP contribution in [-0.2, 0) is 9.59 Å². The minimum Gasteiger partial charge on any atom is -0.481 e. The fraction of sp³-hybridized carbons (Fsp3) is 0.455. The molecule has 0 aromatic carbocycles. The summed E-state index contributed by atoms with van der Waals surface area (Å²) in [5, 5.41) is 18.4. The Balaban J connectivity index is 2.39. The molecule has 26 heavy (non-hydrogen) atoms. The maximum absolute atomic E-state index is 12.0. The molecular weight excluding hydrogens is 328 g/mol. The highest BCUT2D eigenvalue weighted by Crippen LogP contribution is 2.27. The van der Waals surface area contributed by atoms with Gasteiger partial charge in [0, 0.05) is 12.3 Å². The summed E-state index contributed by atoms with van der Waals surface area (Å²) in [4.78, 5) is 22.5. The number of hydrogen-bond acceptors (Lipinski definition) is 3. The smallest absolute Gasteiger partial charge is 0.303 e. The van der Waals surface area contributed by atoms with E-state index in [0.717, 1.165) is 25.7 Å². The highest BCUT2D eigenvalue weighted by molar-refractivity contribution is 5.95. The van der Waals surface area contributed by atoms with Gasteiger partial charge in [0.2, 0.25) is 0 Å². The van der Waals surface area contributed by atoms with E-state index < -0.39 is 12.1 Å². The third-order valence-corrected chi connectivity index (χ3v) is 4.18. The van der Waals surface area contributed by atoms with Crippen molar-refractivity contribution >= 4 is 11.8 Å². The van der Waals surface area contributed by atoms with Crippen molar-refractivity contribution in [2.24, 2.45) is 11.8 Å². The number of ketones is 1. The number of aliphatic carboxylic acids is 1. The van der Waals surface area contributed by atoms with Crippen molar-refractivity contribution in [3.05, 3.63) is 60.8 Å². The minimum atomic E-state index is -0.936. The van der Waals surface area contributed by atoms with E-state index in [1.807, 2.05) is 6.08 Å². The molecule has 1 aliphatic carbocycles. The average Bonchev–Trinajstić information content (AvgIpc) is 2.96. The van der Waals surface area contributed by atoms with E-state index in [9.17, 15) is 14.7 Å². The van der Waals surface area contributed by atoms with Gasteiger partial charge >= 0.3 is 5.97 Å². The monoisotopic (exact) mass is 358 g/mol. The first-order valence-corrected chi connectivity index (χ1v) is 9.29. The van der Waals surface area contributed by atoms with Gasteiger partial charge in [-0.15, -0.1) is 0 Å². The fourth-order valence-electron chi connectivity index (χ4n) is 2.70. The summed E-state index contributed by atoms with van der Waals surface area (Å²) in [6.07, 6.45) is 22.4. The van der Waals surface area contributed by atoms with E-state index in [2.05, 4.69) is 43.4 Å². The quantitative estimate of drug-likeness (QED) is 0.507. The van der Waals surface area contributed by atoms with Crippen LogP contribution in [0.15, 0.2) is 60.8 Å². The molecule has 0 bridgehead atoms. The van der Waals surface area contributed by atoms with Crippen LogP contribution in [0.25, 0.3) is 0 Å². The molecule has 0 saturated carbocycles. The van der Waals surface area contributed by atoms with Crippen molar-refractivity contribution in [3.63, 3.8) is 0 Å². The first-order chi connectivity index (χ1) is 12.5. The predicted octanol–water partition coefficient (Wildman–Crippen LogP) is 4.39. The van der Waals surface area contributed by atoms with E-state index in [1.54, 1.807) is 18.2 Å². The molecule has 4 heteroatoms. The summed E-state index contributed by atoms with van der Waals surface area (Å²) in [6, 6.07) is 0. The van der Waals surface area contributed by atoms with E-state index in [0.29, 0.717) is 0 Å². The summed E-state index contributed by atoms with van der Waals surface area (Å²) in [5.41, 5.74) is 0. The van der Waals surface area contributed by atoms with Crippen LogP contribution < -0.4 is 0 Å². The third-order valence-electron chi connectivity index (χ3n) is 4.18. The molecule has 3 atom stereocenters. The molecule has 0 fully saturated rings. The SMILES string of the molecule is CC/C=C\C/C=C\C/C=C\C[C@@H]1C=CC(=O)[C@@H]1/C=C/[C@@H](O)CCC(=O)O. The molecule has 0 aromatic heterocycles. The summed E-state index contributed by atoms with van der Waals surface area (Å²) in [7, 11) is 0.